The van der Waals surface area contributed by atoms with Crippen LogP contribution in [0.25, 0.3) is 5.69 Å². The molecule has 29 heavy (non-hydrogen) atoms. The molecule has 1 N–H and O–H groups in total. The highest BCUT2D eigenvalue weighted by molar-refractivity contribution is 5.93. The number of hydrogen-bond acceptors (Lipinski definition) is 5. The van der Waals surface area contributed by atoms with Crippen LogP contribution in [0, 0.1) is 25.7 Å². The summed E-state index contributed by atoms with van der Waals surface area (Å²) in [5.74, 6) is -1.16. The standard InChI is InChI=1S/C21H26N4O4/c1-13-4-3-5-16(12-13)25-14(2)18(22-23-25)20(26)24-9-6-15(7-10-24)19-17(21(27)28)8-11-29-19/h3-5,12,15,17,19H,6-11H2,1-2H3,(H,27,28)/t17?,19-/m0/s1. The van der Waals surface area contributed by atoms with Gasteiger partial charge in [-0.05, 0) is 56.7 Å². The van der Waals surface area contributed by atoms with E-state index in [0.29, 0.717) is 37.5 Å². The molecule has 3 heterocycles. The number of hydrogen-bond donors (Lipinski definition) is 1. The van der Waals surface area contributed by atoms with Gasteiger partial charge in [-0.25, -0.2) is 4.68 Å². The van der Waals surface area contributed by atoms with Crippen LogP contribution in [0.4, 0.5) is 0 Å². The third-order valence-electron chi connectivity index (χ3n) is 6.09. The Morgan fingerprint density at radius 3 is 2.62 bits per heavy atom. The Balaban J connectivity index is 1.43. The van der Waals surface area contributed by atoms with Gasteiger partial charge in [-0.2, -0.15) is 0 Å². The largest absolute Gasteiger partial charge is 0.481 e. The number of piperidine rings is 1. The van der Waals surface area contributed by atoms with E-state index in [2.05, 4.69) is 10.3 Å². The number of benzene rings is 1. The molecule has 2 aliphatic rings. The summed E-state index contributed by atoms with van der Waals surface area (Å²) in [7, 11) is 0. The second-order valence-corrected chi connectivity index (χ2v) is 7.97. The lowest BCUT2D eigenvalue weighted by Gasteiger charge is -2.35. The Bertz CT molecular complexity index is 917. The topological polar surface area (TPSA) is 97.5 Å². The number of likely N-dealkylation sites (tertiary alicyclic amines) is 1. The minimum Gasteiger partial charge on any atom is -0.481 e. The van der Waals surface area contributed by atoms with Crippen molar-refractivity contribution in [2.45, 2.75) is 39.2 Å². The van der Waals surface area contributed by atoms with Crippen LogP contribution in [0.15, 0.2) is 24.3 Å². The van der Waals surface area contributed by atoms with E-state index in [1.165, 1.54) is 0 Å². The zero-order valence-corrected chi connectivity index (χ0v) is 16.7. The predicted octanol–water partition coefficient (Wildman–Crippen LogP) is 2.23. The van der Waals surface area contributed by atoms with Crippen LogP contribution in [-0.4, -0.2) is 62.7 Å². The molecule has 2 saturated heterocycles. The van der Waals surface area contributed by atoms with E-state index in [0.717, 1.165) is 24.1 Å². The average molecular weight is 398 g/mol. The molecule has 0 bridgehead atoms. The minimum atomic E-state index is -0.783. The third kappa shape index (κ3) is 3.76. The number of ether oxygens (including phenoxy) is 1. The van der Waals surface area contributed by atoms with Gasteiger partial charge in [-0.1, -0.05) is 17.3 Å². The number of carbonyl (C=O) groups is 2. The van der Waals surface area contributed by atoms with Crippen molar-refractivity contribution in [1.29, 1.82) is 0 Å². The van der Waals surface area contributed by atoms with Crippen LogP contribution in [0.5, 0.6) is 0 Å². The van der Waals surface area contributed by atoms with Crippen molar-refractivity contribution in [1.82, 2.24) is 19.9 Å². The average Bonchev–Trinajstić information content (AvgIpc) is 3.35. The summed E-state index contributed by atoms with van der Waals surface area (Å²) in [4.78, 5) is 26.2. The molecule has 0 aliphatic carbocycles. The second-order valence-electron chi connectivity index (χ2n) is 7.97. The van der Waals surface area contributed by atoms with Crippen molar-refractivity contribution < 1.29 is 19.4 Å². The zero-order chi connectivity index (χ0) is 20.5. The lowest BCUT2D eigenvalue weighted by molar-refractivity contribution is -0.145. The summed E-state index contributed by atoms with van der Waals surface area (Å²) in [6.07, 6.45) is 1.81. The van der Waals surface area contributed by atoms with Gasteiger partial charge in [-0.3, -0.25) is 9.59 Å². The monoisotopic (exact) mass is 398 g/mol. The fourth-order valence-corrected chi connectivity index (χ4v) is 4.45. The molecule has 1 amide bonds. The minimum absolute atomic E-state index is 0.123. The molecule has 4 rings (SSSR count). The van der Waals surface area contributed by atoms with E-state index in [9.17, 15) is 14.7 Å². The maximum Gasteiger partial charge on any atom is 0.309 e. The third-order valence-corrected chi connectivity index (χ3v) is 6.09. The van der Waals surface area contributed by atoms with Crippen LogP contribution < -0.4 is 0 Å². The molecule has 2 aromatic rings. The number of carboxylic acids is 1. The summed E-state index contributed by atoms with van der Waals surface area (Å²) in [6, 6.07) is 7.90. The number of aryl methyl sites for hydroxylation is 1. The SMILES string of the molecule is Cc1cccc(-n2nnc(C(=O)N3CCC([C@@H]4OCCC4C(=O)O)CC3)c2C)c1. The normalized spacial score (nSPS) is 22.8. The molecule has 2 fully saturated rings. The molecular formula is C21H26N4O4. The van der Waals surface area contributed by atoms with Crippen molar-refractivity contribution in [3.63, 3.8) is 0 Å². The number of carboxylic acid groups (broad SMARTS) is 1. The smallest absolute Gasteiger partial charge is 0.309 e. The molecule has 154 valence electrons. The van der Waals surface area contributed by atoms with Gasteiger partial charge in [0.15, 0.2) is 5.69 Å². The van der Waals surface area contributed by atoms with E-state index < -0.39 is 11.9 Å². The fourth-order valence-electron chi connectivity index (χ4n) is 4.45. The number of aliphatic carboxylic acids is 1. The Hall–Kier alpha value is -2.74. The molecule has 0 saturated carbocycles. The summed E-state index contributed by atoms with van der Waals surface area (Å²) in [5.41, 5.74) is 3.07. The fraction of sp³-hybridized carbons (Fsp3) is 0.524. The number of aromatic nitrogens is 3. The number of nitrogens with zero attached hydrogens (tertiary/aromatic N) is 4. The predicted molar refractivity (Wildman–Crippen MR) is 105 cm³/mol. The van der Waals surface area contributed by atoms with Gasteiger partial charge in [-0.15, -0.1) is 5.10 Å². The molecule has 0 spiro atoms. The van der Waals surface area contributed by atoms with Crippen molar-refractivity contribution in [3.05, 3.63) is 41.2 Å². The van der Waals surface area contributed by atoms with Crippen molar-refractivity contribution >= 4 is 11.9 Å². The molecule has 8 nitrogen and oxygen atoms in total. The maximum atomic E-state index is 13.0. The lowest BCUT2D eigenvalue weighted by atomic mass is 9.84. The van der Waals surface area contributed by atoms with E-state index in [4.69, 9.17) is 4.74 Å². The van der Waals surface area contributed by atoms with Gasteiger partial charge >= 0.3 is 5.97 Å². The molecule has 2 atom stereocenters. The Labute approximate surface area is 169 Å². The molecule has 2 aliphatic heterocycles. The van der Waals surface area contributed by atoms with Gasteiger partial charge < -0.3 is 14.7 Å². The highest BCUT2D eigenvalue weighted by Gasteiger charge is 2.41. The zero-order valence-electron chi connectivity index (χ0n) is 16.7. The number of rotatable bonds is 4. The molecule has 8 heteroatoms. The summed E-state index contributed by atoms with van der Waals surface area (Å²) in [6.45, 7) is 5.52. The molecule has 1 aromatic heterocycles. The first kappa shape index (κ1) is 19.6. The highest BCUT2D eigenvalue weighted by atomic mass is 16.5. The van der Waals surface area contributed by atoms with E-state index in [1.807, 2.05) is 38.1 Å². The Kier molecular flexibility index (Phi) is 5.36. The first-order chi connectivity index (χ1) is 14.0. The molecular weight excluding hydrogens is 372 g/mol. The molecule has 0 radical (unpaired) electrons. The van der Waals surface area contributed by atoms with Crippen molar-refractivity contribution in [2.24, 2.45) is 11.8 Å². The Morgan fingerprint density at radius 2 is 1.93 bits per heavy atom. The van der Waals surface area contributed by atoms with Crippen LogP contribution >= 0.6 is 0 Å². The van der Waals surface area contributed by atoms with Gasteiger partial charge in [0.1, 0.15) is 0 Å². The number of carbonyl (C=O) groups excluding carboxylic acids is 1. The van der Waals surface area contributed by atoms with Crippen LogP contribution in [-0.2, 0) is 9.53 Å². The summed E-state index contributed by atoms with van der Waals surface area (Å²) < 4.78 is 7.41. The van der Waals surface area contributed by atoms with Gasteiger partial charge in [0.2, 0.25) is 0 Å². The maximum absolute atomic E-state index is 13.0. The van der Waals surface area contributed by atoms with Crippen LogP contribution in [0.1, 0.15) is 41.0 Å². The van der Waals surface area contributed by atoms with Gasteiger partial charge in [0.25, 0.3) is 5.91 Å². The van der Waals surface area contributed by atoms with E-state index in [1.54, 1.807) is 9.58 Å². The van der Waals surface area contributed by atoms with Crippen molar-refractivity contribution in [2.75, 3.05) is 19.7 Å². The number of amides is 1. The lowest BCUT2D eigenvalue weighted by Crippen LogP contribution is -2.43. The Morgan fingerprint density at radius 1 is 1.17 bits per heavy atom. The highest BCUT2D eigenvalue weighted by Crippen LogP contribution is 2.33. The first-order valence-electron chi connectivity index (χ1n) is 10.1. The van der Waals surface area contributed by atoms with E-state index >= 15 is 0 Å². The van der Waals surface area contributed by atoms with Gasteiger partial charge in [0, 0.05) is 19.7 Å². The molecule has 1 aromatic carbocycles. The van der Waals surface area contributed by atoms with Crippen molar-refractivity contribution in [3.8, 4) is 5.69 Å². The molecule has 1 unspecified atom stereocenters. The van der Waals surface area contributed by atoms with E-state index in [-0.39, 0.29) is 17.9 Å². The second kappa shape index (κ2) is 7.94. The quantitative estimate of drug-likeness (QED) is 0.848. The summed E-state index contributed by atoms with van der Waals surface area (Å²) >= 11 is 0. The van der Waals surface area contributed by atoms with Crippen LogP contribution in [0.3, 0.4) is 0 Å². The first-order valence-corrected chi connectivity index (χ1v) is 10.1. The van der Waals surface area contributed by atoms with Gasteiger partial charge in [0.05, 0.1) is 23.4 Å². The van der Waals surface area contributed by atoms with Crippen LogP contribution in [0.2, 0.25) is 0 Å². The summed E-state index contributed by atoms with van der Waals surface area (Å²) in [5, 5.41) is 17.7.